The van der Waals surface area contributed by atoms with Crippen LogP contribution in [0.25, 0.3) is 16.6 Å². The Kier molecular flexibility index (Phi) is 6.34. The Hall–Kier alpha value is -3.06. The SMILES string of the molecule is O=c1ccn(-c2ccc3c(c2)CCOC3)c2cc(N3CCC[C@@H]3COc3ncccc3Cl)c(Cl)cc12. The number of ether oxygens (including phenoxy) is 2. The molecule has 0 unspecified atom stereocenters. The number of fused-ring (bicyclic) bond motifs is 2. The van der Waals surface area contributed by atoms with Crippen molar-refractivity contribution < 1.29 is 9.47 Å². The van der Waals surface area contributed by atoms with E-state index in [-0.39, 0.29) is 11.5 Å². The van der Waals surface area contributed by atoms with Gasteiger partial charge < -0.3 is 18.9 Å². The van der Waals surface area contributed by atoms with Gasteiger partial charge in [-0.2, -0.15) is 0 Å². The minimum Gasteiger partial charge on any atom is -0.474 e. The minimum atomic E-state index is -0.0489. The number of nitrogens with zero attached hydrogens (tertiary/aromatic N) is 3. The highest BCUT2D eigenvalue weighted by Gasteiger charge is 2.28. The molecule has 0 spiro atoms. The number of hydrogen-bond acceptors (Lipinski definition) is 5. The van der Waals surface area contributed by atoms with Gasteiger partial charge in [0.15, 0.2) is 5.43 Å². The monoisotopic (exact) mass is 521 g/mol. The van der Waals surface area contributed by atoms with Gasteiger partial charge in [-0.05, 0) is 66.8 Å². The number of halogens is 2. The fourth-order valence-electron chi connectivity index (χ4n) is 5.18. The van der Waals surface area contributed by atoms with Crippen LogP contribution in [0.1, 0.15) is 24.0 Å². The lowest BCUT2D eigenvalue weighted by Crippen LogP contribution is -2.34. The molecule has 0 bridgehead atoms. The zero-order valence-electron chi connectivity index (χ0n) is 19.6. The van der Waals surface area contributed by atoms with E-state index in [1.165, 1.54) is 11.1 Å². The Balaban J connectivity index is 1.38. The van der Waals surface area contributed by atoms with Crippen molar-refractivity contribution in [3.8, 4) is 11.6 Å². The summed E-state index contributed by atoms with van der Waals surface area (Å²) < 4.78 is 13.6. The topological polar surface area (TPSA) is 56.6 Å². The molecule has 0 radical (unpaired) electrons. The molecule has 6 nitrogen and oxygen atoms in total. The van der Waals surface area contributed by atoms with E-state index in [1.54, 1.807) is 30.5 Å². The van der Waals surface area contributed by atoms with Crippen molar-refractivity contribution in [3.05, 3.63) is 92.3 Å². The van der Waals surface area contributed by atoms with Gasteiger partial charge in [0, 0.05) is 36.1 Å². The number of pyridine rings is 2. The third-order valence-electron chi connectivity index (χ3n) is 7.03. The minimum absolute atomic E-state index is 0.0489. The van der Waals surface area contributed by atoms with Gasteiger partial charge in [0.1, 0.15) is 11.6 Å². The third kappa shape index (κ3) is 4.34. The van der Waals surface area contributed by atoms with Gasteiger partial charge in [0.2, 0.25) is 5.88 Å². The van der Waals surface area contributed by atoms with E-state index in [4.69, 9.17) is 32.7 Å². The van der Waals surface area contributed by atoms with E-state index in [2.05, 4.69) is 32.7 Å². The first kappa shape index (κ1) is 23.3. The molecular weight excluding hydrogens is 497 g/mol. The summed E-state index contributed by atoms with van der Waals surface area (Å²) in [4.78, 5) is 19.3. The zero-order valence-corrected chi connectivity index (χ0v) is 21.1. The van der Waals surface area contributed by atoms with Crippen LogP contribution in [-0.2, 0) is 17.8 Å². The maximum atomic E-state index is 12.8. The smallest absolute Gasteiger partial charge is 0.232 e. The Morgan fingerprint density at radius 2 is 2.00 bits per heavy atom. The van der Waals surface area contributed by atoms with E-state index in [1.807, 2.05) is 12.3 Å². The second kappa shape index (κ2) is 9.77. The standard InChI is InChI=1S/C28H25Cl2N3O3/c29-23-4-1-9-31-28(23)36-17-21-3-2-10-32(21)26-15-25-22(14-24(26)30)27(34)7-11-33(25)20-6-5-19-16-35-12-8-18(19)13-20/h1,4-7,9,11,13-15,21H,2-3,8,10,12,16-17H2/t21-/m1/s1. The molecule has 0 saturated carbocycles. The summed E-state index contributed by atoms with van der Waals surface area (Å²) in [7, 11) is 0. The van der Waals surface area contributed by atoms with Gasteiger partial charge in [-0.1, -0.05) is 29.3 Å². The molecule has 2 aliphatic heterocycles. The fourth-order valence-corrected chi connectivity index (χ4v) is 5.63. The molecule has 1 fully saturated rings. The quantitative estimate of drug-likeness (QED) is 0.331. The molecule has 4 aromatic rings. The molecule has 1 saturated heterocycles. The maximum Gasteiger partial charge on any atom is 0.232 e. The van der Waals surface area contributed by atoms with Crippen molar-refractivity contribution in [3.63, 3.8) is 0 Å². The van der Waals surface area contributed by atoms with Crippen molar-refractivity contribution in [1.82, 2.24) is 9.55 Å². The van der Waals surface area contributed by atoms with Crippen LogP contribution in [0, 0.1) is 0 Å². The summed E-state index contributed by atoms with van der Waals surface area (Å²) in [5.41, 5.74) is 5.19. The molecular formula is C28H25Cl2N3O3. The maximum absolute atomic E-state index is 12.8. The van der Waals surface area contributed by atoms with Gasteiger partial charge in [0.25, 0.3) is 0 Å². The van der Waals surface area contributed by atoms with Crippen molar-refractivity contribution in [2.45, 2.75) is 31.9 Å². The Bertz CT molecular complexity index is 1500. The van der Waals surface area contributed by atoms with Crippen LogP contribution in [-0.4, -0.2) is 35.4 Å². The zero-order chi connectivity index (χ0) is 24.6. The number of aromatic nitrogens is 2. The molecule has 1 atom stereocenters. The van der Waals surface area contributed by atoms with Crippen molar-refractivity contribution >= 4 is 39.8 Å². The first-order valence-corrected chi connectivity index (χ1v) is 12.9. The van der Waals surface area contributed by atoms with Crippen LogP contribution in [0.15, 0.2) is 65.7 Å². The summed E-state index contributed by atoms with van der Waals surface area (Å²) in [5, 5.41) is 1.65. The molecule has 6 rings (SSSR count). The van der Waals surface area contributed by atoms with Crippen LogP contribution in [0.3, 0.4) is 0 Å². The lowest BCUT2D eigenvalue weighted by atomic mass is 10.0. The molecule has 8 heteroatoms. The van der Waals surface area contributed by atoms with Gasteiger partial charge >= 0.3 is 0 Å². The van der Waals surface area contributed by atoms with E-state index in [0.717, 1.165) is 49.3 Å². The first-order valence-electron chi connectivity index (χ1n) is 12.1. The number of hydrogen-bond donors (Lipinski definition) is 0. The molecule has 0 N–H and O–H groups in total. The normalized spacial score (nSPS) is 17.4. The van der Waals surface area contributed by atoms with E-state index < -0.39 is 0 Å². The number of rotatable bonds is 5. The molecule has 0 aliphatic carbocycles. The van der Waals surface area contributed by atoms with Crippen LogP contribution in [0.2, 0.25) is 10.0 Å². The molecule has 2 aromatic carbocycles. The van der Waals surface area contributed by atoms with Crippen LogP contribution in [0.4, 0.5) is 5.69 Å². The van der Waals surface area contributed by atoms with Crippen molar-refractivity contribution in [1.29, 1.82) is 0 Å². The number of benzene rings is 2. The Morgan fingerprint density at radius 1 is 1.08 bits per heavy atom. The van der Waals surface area contributed by atoms with E-state index in [0.29, 0.717) is 34.5 Å². The van der Waals surface area contributed by atoms with Gasteiger partial charge in [0.05, 0.1) is 35.5 Å². The summed E-state index contributed by atoms with van der Waals surface area (Å²) in [6, 6.07) is 15.5. The van der Waals surface area contributed by atoms with Crippen molar-refractivity contribution in [2.24, 2.45) is 0 Å². The summed E-state index contributed by atoms with van der Waals surface area (Å²) >= 11 is 13.0. The third-order valence-corrected chi connectivity index (χ3v) is 7.62. The highest BCUT2D eigenvalue weighted by atomic mass is 35.5. The van der Waals surface area contributed by atoms with Crippen LogP contribution >= 0.6 is 23.2 Å². The van der Waals surface area contributed by atoms with Gasteiger partial charge in [-0.15, -0.1) is 0 Å². The van der Waals surface area contributed by atoms with E-state index in [9.17, 15) is 4.79 Å². The Morgan fingerprint density at radius 3 is 2.89 bits per heavy atom. The highest BCUT2D eigenvalue weighted by Crippen LogP contribution is 2.36. The first-order chi connectivity index (χ1) is 17.6. The second-order valence-electron chi connectivity index (χ2n) is 9.22. The van der Waals surface area contributed by atoms with Gasteiger partial charge in [-0.25, -0.2) is 4.98 Å². The second-order valence-corrected chi connectivity index (χ2v) is 10.0. The number of anilines is 1. The molecule has 4 heterocycles. The van der Waals surface area contributed by atoms with E-state index >= 15 is 0 Å². The molecule has 2 aromatic heterocycles. The summed E-state index contributed by atoms with van der Waals surface area (Å²) in [6.45, 7) is 2.66. The lowest BCUT2D eigenvalue weighted by molar-refractivity contribution is 0.111. The largest absolute Gasteiger partial charge is 0.474 e. The van der Waals surface area contributed by atoms with Crippen LogP contribution < -0.4 is 15.1 Å². The van der Waals surface area contributed by atoms with Gasteiger partial charge in [-0.3, -0.25) is 4.79 Å². The average Bonchev–Trinajstić information content (AvgIpc) is 3.36. The Labute approximate surface area is 219 Å². The summed E-state index contributed by atoms with van der Waals surface area (Å²) in [6.07, 6.45) is 6.38. The molecule has 36 heavy (non-hydrogen) atoms. The fraction of sp³-hybridized carbons (Fsp3) is 0.286. The summed E-state index contributed by atoms with van der Waals surface area (Å²) in [5.74, 6) is 0.433. The molecule has 2 aliphatic rings. The predicted octanol–water partition coefficient (Wildman–Crippen LogP) is 5.81. The highest BCUT2D eigenvalue weighted by molar-refractivity contribution is 6.34. The lowest BCUT2D eigenvalue weighted by Gasteiger charge is -2.28. The van der Waals surface area contributed by atoms with Crippen molar-refractivity contribution in [2.75, 3.05) is 24.7 Å². The molecule has 0 amide bonds. The average molecular weight is 522 g/mol. The van der Waals surface area contributed by atoms with Crippen LogP contribution in [0.5, 0.6) is 5.88 Å². The predicted molar refractivity (Wildman–Crippen MR) is 143 cm³/mol. The molecule has 184 valence electrons.